The number of hydrogen-bond donors (Lipinski definition) is 0. The average molecular weight is 561 g/mol. The first-order valence-corrected chi connectivity index (χ1v) is 14.3. The zero-order chi connectivity index (χ0) is 28.9. The predicted molar refractivity (Wildman–Crippen MR) is 160 cm³/mol. The summed E-state index contributed by atoms with van der Waals surface area (Å²) in [5.41, 5.74) is 2.76. The number of fused-ring (bicyclic) bond motifs is 4. The van der Waals surface area contributed by atoms with Gasteiger partial charge in [-0.1, -0.05) is 13.8 Å². The van der Waals surface area contributed by atoms with Crippen LogP contribution in [0, 0.1) is 10.1 Å². The van der Waals surface area contributed by atoms with Crippen LogP contribution in [0.15, 0.2) is 51.7 Å². The number of rotatable bonds is 7. The summed E-state index contributed by atoms with van der Waals surface area (Å²) in [6.45, 7) is 13.6. The fourth-order valence-electron chi connectivity index (χ4n) is 6.72. The first-order valence-electron chi connectivity index (χ1n) is 14.3. The molecule has 0 saturated carbocycles. The van der Waals surface area contributed by atoms with Crippen LogP contribution < -0.4 is 20.3 Å². The highest BCUT2D eigenvalue weighted by molar-refractivity contribution is 5.96. The fourth-order valence-corrected chi connectivity index (χ4v) is 6.72. The number of ether oxygens (including phenoxy) is 2. The van der Waals surface area contributed by atoms with E-state index in [2.05, 4.69) is 48.5 Å². The lowest BCUT2D eigenvalue weighted by molar-refractivity contribution is -0.384. The Kier molecular flexibility index (Phi) is 6.78. The maximum Gasteiger partial charge on any atom is 0.345 e. The van der Waals surface area contributed by atoms with Crippen LogP contribution >= 0.6 is 0 Å². The molecule has 3 aliphatic heterocycles. The van der Waals surface area contributed by atoms with Crippen molar-refractivity contribution in [2.45, 2.75) is 38.8 Å². The summed E-state index contributed by atoms with van der Waals surface area (Å²) in [4.78, 5) is 31.4. The van der Waals surface area contributed by atoms with E-state index in [0.717, 1.165) is 41.1 Å². The molecular weight excluding hydrogens is 524 g/mol. The fraction of sp³-hybridized carbons (Fsp3) is 0.452. The number of non-ortho nitro benzene ring substituents is 1. The van der Waals surface area contributed by atoms with Gasteiger partial charge in [-0.15, -0.1) is 0 Å². The molecule has 1 unspecified atom stereocenters. The smallest absolute Gasteiger partial charge is 0.345 e. The minimum atomic E-state index is -0.916. The summed E-state index contributed by atoms with van der Waals surface area (Å²) in [5.74, 6) is 0. The van der Waals surface area contributed by atoms with Crippen LogP contribution in [0.4, 0.5) is 22.7 Å². The number of benzene rings is 2. The SMILES string of the molecule is CCN(CC)c1ccc2c(N3CCOCC3)c(/C=C/C34OCCN3c3cc([N+](=O)[O-])ccc3C4(C)C)c(=O)oc2c1. The van der Waals surface area contributed by atoms with Crippen molar-refractivity contribution in [2.24, 2.45) is 0 Å². The number of anilines is 3. The van der Waals surface area contributed by atoms with E-state index in [-0.39, 0.29) is 10.6 Å². The van der Waals surface area contributed by atoms with Crippen molar-refractivity contribution in [1.29, 1.82) is 0 Å². The average Bonchev–Trinajstić information content (AvgIpc) is 3.48. The Morgan fingerprint density at radius 1 is 1.05 bits per heavy atom. The first kappa shape index (κ1) is 27.3. The van der Waals surface area contributed by atoms with Crippen LogP contribution in [-0.2, 0) is 14.9 Å². The summed E-state index contributed by atoms with van der Waals surface area (Å²) in [6, 6.07) is 11.1. The summed E-state index contributed by atoms with van der Waals surface area (Å²) in [6.07, 6.45) is 3.77. The lowest BCUT2D eigenvalue weighted by Crippen LogP contribution is -2.51. The molecule has 0 radical (unpaired) electrons. The highest BCUT2D eigenvalue weighted by atomic mass is 16.6. The number of nitro benzene ring substituents is 1. The molecule has 2 fully saturated rings. The summed E-state index contributed by atoms with van der Waals surface area (Å²) in [5, 5.41) is 12.4. The molecule has 10 nitrogen and oxygen atoms in total. The van der Waals surface area contributed by atoms with Crippen LogP contribution in [0.25, 0.3) is 17.0 Å². The van der Waals surface area contributed by atoms with Gasteiger partial charge in [0.25, 0.3) is 5.69 Å². The molecule has 41 heavy (non-hydrogen) atoms. The Labute approximate surface area is 238 Å². The quantitative estimate of drug-likeness (QED) is 0.226. The topological polar surface area (TPSA) is 102 Å². The van der Waals surface area contributed by atoms with Crippen LogP contribution in [0.1, 0.15) is 38.8 Å². The Balaban J connectivity index is 1.50. The molecule has 2 saturated heterocycles. The third kappa shape index (κ3) is 4.19. The van der Waals surface area contributed by atoms with Crippen LogP contribution in [0.5, 0.6) is 0 Å². The van der Waals surface area contributed by atoms with Gasteiger partial charge in [0.2, 0.25) is 0 Å². The molecule has 3 aliphatic rings. The monoisotopic (exact) mass is 560 g/mol. The van der Waals surface area contributed by atoms with Crippen LogP contribution in [0.2, 0.25) is 0 Å². The van der Waals surface area contributed by atoms with Crippen molar-refractivity contribution < 1.29 is 18.8 Å². The molecule has 6 rings (SSSR count). The predicted octanol–water partition coefficient (Wildman–Crippen LogP) is 4.92. The largest absolute Gasteiger partial charge is 0.422 e. The molecular formula is C31H36N4O6. The maximum atomic E-state index is 13.7. The standard InChI is InChI=1S/C31H36N4O6/c1-5-32(6-2)21-7-9-23-27(20-21)41-29(36)24(28(23)33-13-16-39-17-14-33)11-12-31-30(3,4)25-10-8-22(35(37)38)19-26(25)34(31)15-18-40-31/h7-12,19-20H,5-6,13-18H2,1-4H3/b12-11+. The van der Waals surface area contributed by atoms with Crippen molar-refractivity contribution >= 4 is 39.8 Å². The van der Waals surface area contributed by atoms with E-state index in [1.54, 1.807) is 12.1 Å². The Morgan fingerprint density at radius 3 is 2.51 bits per heavy atom. The molecule has 0 spiro atoms. The Bertz CT molecular complexity index is 1590. The van der Waals surface area contributed by atoms with E-state index in [0.29, 0.717) is 50.6 Å². The van der Waals surface area contributed by atoms with E-state index >= 15 is 0 Å². The van der Waals surface area contributed by atoms with Gasteiger partial charge in [0.15, 0.2) is 5.72 Å². The van der Waals surface area contributed by atoms with Gasteiger partial charge >= 0.3 is 5.63 Å². The van der Waals surface area contributed by atoms with Gasteiger partial charge < -0.3 is 28.6 Å². The first-order chi connectivity index (χ1) is 19.7. The van der Waals surface area contributed by atoms with Gasteiger partial charge in [-0.3, -0.25) is 10.1 Å². The number of morpholine rings is 1. The van der Waals surface area contributed by atoms with Gasteiger partial charge in [0.1, 0.15) is 5.58 Å². The molecule has 1 atom stereocenters. The van der Waals surface area contributed by atoms with Crippen molar-refractivity contribution in [3.8, 4) is 0 Å². The number of hydrogen-bond acceptors (Lipinski definition) is 9. The van der Waals surface area contributed by atoms with Crippen molar-refractivity contribution in [3.63, 3.8) is 0 Å². The summed E-state index contributed by atoms with van der Waals surface area (Å²) in [7, 11) is 0. The highest BCUT2D eigenvalue weighted by Gasteiger charge is 2.59. The second-order valence-electron chi connectivity index (χ2n) is 11.2. The minimum Gasteiger partial charge on any atom is -0.422 e. The normalized spacial score (nSPS) is 21.5. The molecule has 0 N–H and O–H groups in total. The Hall–Kier alpha value is -3.89. The third-order valence-corrected chi connectivity index (χ3v) is 8.92. The van der Waals surface area contributed by atoms with Crippen LogP contribution in [0.3, 0.4) is 0 Å². The molecule has 216 valence electrons. The van der Waals surface area contributed by atoms with Crippen LogP contribution in [-0.4, -0.2) is 63.2 Å². The molecule has 0 bridgehead atoms. The molecule has 4 heterocycles. The van der Waals surface area contributed by atoms with Gasteiger partial charge in [0.05, 0.1) is 41.7 Å². The molecule has 1 aromatic heterocycles. The zero-order valence-corrected chi connectivity index (χ0v) is 24.0. The molecule has 0 amide bonds. The molecule has 10 heteroatoms. The lowest BCUT2D eigenvalue weighted by Gasteiger charge is -2.40. The molecule has 3 aromatic rings. The van der Waals surface area contributed by atoms with Gasteiger partial charge in [-0.2, -0.15) is 0 Å². The van der Waals surface area contributed by atoms with Crippen molar-refractivity contribution in [1.82, 2.24) is 0 Å². The highest BCUT2D eigenvalue weighted by Crippen LogP contribution is 2.56. The van der Waals surface area contributed by atoms with Gasteiger partial charge in [0, 0.05) is 67.4 Å². The van der Waals surface area contributed by atoms with E-state index in [9.17, 15) is 14.9 Å². The zero-order valence-electron chi connectivity index (χ0n) is 24.0. The van der Waals surface area contributed by atoms with Gasteiger partial charge in [-0.05, 0) is 49.8 Å². The van der Waals surface area contributed by atoms with E-state index < -0.39 is 16.8 Å². The minimum absolute atomic E-state index is 0.0417. The summed E-state index contributed by atoms with van der Waals surface area (Å²) < 4.78 is 18.1. The second kappa shape index (κ2) is 10.2. The second-order valence-corrected chi connectivity index (χ2v) is 11.2. The van der Waals surface area contributed by atoms with E-state index in [4.69, 9.17) is 13.9 Å². The third-order valence-electron chi connectivity index (χ3n) is 8.92. The van der Waals surface area contributed by atoms with Crippen molar-refractivity contribution in [3.05, 3.63) is 74.1 Å². The van der Waals surface area contributed by atoms with Crippen molar-refractivity contribution in [2.75, 3.05) is 67.2 Å². The summed E-state index contributed by atoms with van der Waals surface area (Å²) >= 11 is 0. The molecule has 0 aliphatic carbocycles. The Morgan fingerprint density at radius 2 is 1.80 bits per heavy atom. The lowest BCUT2D eigenvalue weighted by atomic mass is 9.77. The van der Waals surface area contributed by atoms with E-state index in [1.807, 2.05) is 30.4 Å². The number of nitrogens with zero attached hydrogens (tertiary/aromatic N) is 4. The van der Waals surface area contributed by atoms with Gasteiger partial charge in [-0.25, -0.2) is 4.79 Å². The van der Waals surface area contributed by atoms with E-state index in [1.165, 1.54) is 0 Å². The number of nitro groups is 1. The maximum absolute atomic E-state index is 13.7. The molecule has 2 aromatic carbocycles.